The van der Waals surface area contributed by atoms with E-state index in [4.69, 9.17) is 0 Å². The van der Waals surface area contributed by atoms with E-state index >= 15 is 0 Å². The minimum absolute atomic E-state index is 0. The predicted octanol–water partition coefficient (Wildman–Crippen LogP) is -2.82. The average Bonchev–Trinajstić information content (AvgIpc) is 0. The van der Waals surface area contributed by atoms with Gasteiger partial charge in [0.1, 0.15) is 0 Å². The Balaban J connectivity index is 0. The zero-order chi connectivity index (χ0) is 0. The molecule has 6 heavy (non-hydrogen) atoms. The van der Waals surface area contributed by atoms with Crippen molar-refractivity contribution in [3.05, 3.63) is 0 Å². The van der Waals surface area contributed by atoms with E-state index in [2.05, 4.69) is 0 Å². The van der Waals surface area contributed by atoms with Gasteiger partial charge < -0.3 is 0 Å². The molecule has 0 saturated carbocycles. The fourth-order valence-electron chi connectivity index (χ4n) is 0. The molecule has 0 amide bonds. The number of hydrogen-bond donors (Lipinski definition) is 0. The van der Waals surface area contributed by atoms with Gasteiger partial charge in [0.2, 0.25) is 0 Å². The summed E-state index contributed by atoms with van der Waals surface area (Å²) in [5, 5.41) is 0. The van der Waals surface area contributed by atoms with Crippen LogP contribution in [0.2, 0.25) is 0 Å². The minimum Gasteiger partial charge on any atom is 0 e. The third kappa shape index (κ3) is 26.1. The van der Waals surface area contributed by atoms with Gasteiger partial charge in [-0.3, -0.25) is 0 Å². The highest BCUT2D eigenvalue weighted by Gasteiger charge is 0.316. The van der Waals surface area contributed by atoms with Crippen LogP contribution in [0.5, 0.6) is 0 Å². The van der Waals surface area contributed by atoms with Gasteiger partial charge in [0.15, 0.2) is 0 Å². The molecule has 0 fully saturated rings. The number of rotatable bonds is 0. The SMILES string of the molecule is [Al].[Al].[Al].[Al].[Al].[MgH2]. The Bertz CT molecular complexity index is 3.90. The van der Waals surface area contributed by atoms with E-state index < -0.39 is 0 Å². The zero-order valence-electron chi connectivity index (χ0n) is 2.89. The third-order valence-corrected chi connectivity index (χ3v) is 0. The largest absolute Gasteiger partial charge is 0.316 e. The summed E-state index contributed by atoms with van der Waals surface area (Å²) in [5.74, 6) is 0. The van der Waals surface area contributed by atoms with Gasteiger partial charge in [-0.05, 0) is 0 Å². The summed E-state index contributed by atoms with van der Waals surface area (Å²) in [6.07, 6.45) is 0. The van der Waals surface area contributed by atoms with Crippen molar-refractivity contribution in [1.29, 1.82) is 0 Å². The van der Waals surface area contributed by atoms with E-state index in [9.17, 15) is 0 Å². The Morgan fingerprint density at radius 3 is 0.333 bits per heavy atom. The lowest BCUT2D eigenvalue weighted by Gasteiger charge is -0.00100. The van der Waals surface area contributed by atoms with Gasteiger partial charge in [0, 0.05) is 86.8 Å². The first-order valence-electron chi connectivity index (χ1n) is 0. The molecule has 0 aliphatic carbocycles. The maximum atomic E-state index is 0. The van der Waals surface area contributed by atoms with E-state index in [0.29, 0.717) is 0 Å². The lowest BCUT2D eigenvalue weighted by Crippen LogP contribution is -0.382. The molecule has 0 spiro atoms. The van der Waals surface area contributed by atoms with Gasteiger partial charge in [-0.25, -0.2) is 0 Å². The van der Waals surface area contributed by atoms with Crippen LogP contribution in [-0.4, -0.2) is 110 Å². The summed E-state index contributed by atoms with van der Waals surface area (Å²) in [6, 6.07) is 0. The zero-order valence-corrected chi connectivity index (χ0v) is 8.66. The van der Waals surface area contributed by atoms with Crippen molar-refractivity contribution < 1.29 is 0 Å². The second-order valence-corrected chi connectivity index (χ2v) is 0. The first-order chi connectivity index (χ1) is 0. The van der Waals surface area contributed by atoms with Crippen molar-refractivity contribution in [1.82, 2.24) is 0 Å². The van der Waals surface area contributed by atoms with Gasteiger partial charge in [-0.1, -0.05) is 0 Å². The molecular weight excluding hydrogens is 159 g/mol. The van der Waals surface area contributed by atoms with E-state index in [1.165, 1.54) is 0 Å². The van der Waals surface area contributed by atoms with E-state index in [1.54, 1.807) is 0 Å². The molecule has 0 aliphatic heterocycles. The van der Waals surface area contributed by atoms with Crippen molar-refractivity contribution in [2.45, 2.75) is 0 Å². The van der Waals surface area contributed by atoms with E-state index in [1.807, 2.05) is 0 Å². The molecule has 0 aromatic heterocycles. The molecule has 15 radical (unpaired) electrons. The van der Waals surface area contributed by atoms with Crippen molar-refractivity contribution in [2.75, 3.05) is 0 Å². The summed E-state index contributed by atoms with van der Waals surface area (Å²) < 4.78 is 0. The monoisotopic (exact) mass is 161 g/mol. The Morgan fingerprint density at radius 2 is 0.333 bits per heavy atom. The fraction of sp³-hybridized carbons (Fsp3) is 0. The van der Waals surface area contributed by atoms with Crippen LogP contribution in [0, 0.1) is 0 Å². The van der Waals surface area contributed by atoms with Crippen molar-refractivity contribution >= 4 is 110 Å². The standard InChI is InChI=1S/5Al.Mg.2H. The second-order valence-electron chi connectivity index (χ2n) is 0. The molecule has 0 unspecified atom stereocenters. The Kier molecular flexibility index (Phi) is 376. The first kappa shape index (κ1) is 57.0. The summed E-state index contributed by atoms with van der Waals surface area (Å²) in [6.45, 7) is 0. The van der Waals surface area contributed by atoms with Crippen molar-refractivity contribution in [3.8, 4) is 0 Å². The Hall–Kier alpha value is 3.43. The van der Waals surface area contributed by atoms with Crippen LogP contribution in [0.1, 0.15) is 0 Å². The van der Waals surface area contributed by atoms with Gasteiger partial charge in [-0.15, -0.1) is 0 Å². The van der Waals surface area contributed by atoms with Crippen molar-refractivity contribution in [2.24, 2.45) is 0 Å². The van der Waals surface area contributed by atoms with Gasteiger partial charge in [0.05, 0.1) is 0 Å². The lowest BCUT2D eigenvalue weighted by atomic mass is 24.3. The van der Waals surface area contributed by atoms with Gasteiger partial charge in [0.25, 0.3) is 0 Å². The van der Waals surface area contributed by atoms with E-state index in [-0.39, 0.29) is 110 Å². The van der Waals surface area contributed by atoms with Gasteiger partial charge in [-0.2, -0.15) is 0 Å². The van der Waals surface area contributed by atoms with Crippen LogP contribution in [0.3, 0.4) is 0 Å². The smallest absolute Gasteiger partial charge is 0 e. The Labute approximate surface area is 108 Å². The second kappa shape index (κ2) is 39.6. The highest BCUT2D eigenvalue weighted by molar-refractivity contribution is 5.76. The summed E-state index contributed by atoms with van der Waals surface area (Å²) >= 11 is 0. The van der Waals surface area contributed by atoms with Crippen LogP contribution < -0.4 is 0 Å². The lowest BCUT2D eigenvalue weighted by molar-refractivity contribution is 5.75. The summed E-state index contributed by atoms with van der Waals surface area (Å²) in [7, 11) is 0. The van der Waals surface area contributed by atoms with Crippen LogP contribution in [0.25, 0.3) is 0 Å². The highest BCUT2D eigenvalue weighted by atomic mass is 27.0. The predicted molar refractivity (Wildman–Crippen MR) is 37.3 cm³/mol. The first-order valence-corrected chi connectivity index (χ1v) is 0. The number of hydrogen-bond acceptors (Lipinski definition) is 0. The molecule has 0 atom stereocenters. The van der Waals surface area contributed by atoms with Crippen molar-refractivity contribution in [3.63, 3.8) is 0 Å². The average molecular weight is 161 g/mol. The third-order valence-electron chi connectivity index (χ3n) is 0. The molecule has 0 N–H and O–H groups in total. The van der Waals surface area contributed by atoms with Gasteiger partial charge >= 0.3 is 23.1 Å². The fourth-order valence-corrected chi connectivity index (χ4v) is 0. The molecule has 0 aromatic carbocycles. The van der Waals surface area contributed by atoms with E-state index in [0.717, 1.165) is 0 Å². The maximum absolute atomic E-state index is 0. The topological polar surface area (TPSA) is 0 Å². The van der Waals surface area contributed by atoms with Crippen LogP contribution in [0.4, 0.5) is 0 Å². The van der Waals surface area contributed by atoms with Crippen LogP contribution in [0.15, 0.2) is 0 Å². The Morgan fingerprint density at radius 1 is 0.333 bits per heavy atom. The van der Waals surface area contributed by atoms with Crippen LogP contribution >= 0.6 is 0 Å². The molecule has 0 heterocycles. The molecule has 0 nitrogen and oxygen atoms in total. The quantitative estimate of drug-likeness (QED) is 0.336. The molecule has 19 valence electrons. The summed E-state index contributed by atoms with van der Waals surface area (Å²) in [5.41, 5.74) is 0. The molecule has 0 aliphatic rings. The highest BCUT2D eigenvalue weighted by Crippen LogP contribution is -0.376. The molecule has 0 rings (SSSR count). The molecule has 6 heteroatoms. The molecule has 0 aromatic rings. The summed E-state index contributed by atoms with van der Waals surface area (Å²) in [4.78, 5) is 0. The molecular formula is H2Al5Mg. The normalized spacial score (nSPS) is 0. The minimum atomic E-state index is 0. The molecule has 0 saturated heterocycles. The molecule has 0 bridgehead atoms. The van der Waals surface area contributed by atoms with Crippen LogP contribution in [-0.2, 0) is 0 Å². The maximum Gasteiger partial charge on any atom is 0.316 e.